The third-order valence-electron chi connectivity index (χ3n) is 5.58. The first-order valence-electron chi connectivity index (χ1n) is 10.3. The maximum atomic E-state index is 12.9. The number of carbonyl (C=O) groups is 1. The van der Waals surface area contributed by atoms with E-state index in [1.807, 2.05) is 24.3 Å². The van der Waals surface area contributed by atoms with E-state index in [1.165, 1.54) is 16.4 Å². The van der Waals surface area contributed by atoms with Crippen molar-refractivity contribution in [3.63, 3.8) is 0 Å². The summed E-state index contributed by atoms with van der Waals surface area (Å²) in [5.41, 5.74) is 1.66. The Morgan fingerprint density at radius 1 is 0.839 bits per heavy atom. The lowest BCUT2D eigenvalue weighted by molar-refractivity contribution is 0.0734. The first kappa shape index (κ1) is 19.8. The number of benzene rings is 3. The number of para-hydroxylation sites is 1. The minimum atomic E-state index is -3.62. The highest BCUT2D eigenvalue weighted by atomic mass is 32.2. The number of ether oxygens (including phenoxy) is 1. The molecule has 0 N–H and O–H groups in total. The molecule has 2 heterocycles. The quantitative estimate of drug-likeness (QED) is 0.334. The summed E-state index contributed by atoms with van der Waals surface area (Å²) in [7, 11) is -3.62. The van der Waals surface area contributed by atoms with Gasteiger partial charge in [0.25, 0.3) is 0 Å². The number of piperidine rings is 1. The van der Waals surface area contributed by atoms with Gasteiger partial charge in [-0.15, -0.1) is 0 Å². The zero-order valence-electron chi connectivity index (χ0n) is 16.8. The summed E-state index contributed by atoms with van der Waals surface area (Å²) in [6, 6.07) is 18.9. The van der Waals surface area contributed by atoms with Crippen LogP contribution >= 0.6 is 0 Å². The van der Waals surface area contributed by atoms with E-state index in [0.29, 0.717) is 24.4 Å². The van der Waals surface area contributed by atoms with Gasteiger partial charge in [0, 0.05) is 23.9 Å². The molecule has 158 valence electrons. The molecule has 6 nitrogen and oxygen atoms in total. The van der Waals surface area contributed by atoms with Gasteiger partial charge in [0.15, 0.2) is 0 Å². The molecule has 0 atom stereocenters. The zero-order valence-corrected chi connectivity index (χ0v) is 17.6. The summed E-state index contributed by atoms with van der Waals surface area (Å²) < 4.78 is 38.7. The average molecular weight is 436 g/mol. The van der Waals surface area contributed by atoms with Crippen molar-refractivity contribution in [2.45, 2.75) is 24.2 Å². The van der Waals surface area contributed by atoms with Crippen LogP contribution in [-0.4, -0.2) is 31.8 Å². The van der Waals surface area contributed by atoms with Crippen molar-refractivity contribution in [3.8, 4) is 5.75 Å². The molecule has 1 aliphatic rings. The lowest BCUT2D eigenvalue weighted by Crippen LogP contribution is -2.35. The van der Waals surface area contributed by atoms with Gasteiger partial charge in [0.05, 0.1) is 10.5 Å². The van der Waals surface area contributed by atoms with E-state index in [2.05, 4.69) is 0 Å². The fourth-order valence-electron chi connectivity index (χ4n) is 3.97. The number of sulfonamides is 1. The van der Waals surface area contributed by atoms with E-state index in [-0.39, 0.29) is 10.5 Å². The fraction of sp³-hybridized carbons (Fsp3) is 0.208. The molecule has 4 aromatic rings. The summed E-state index contributed by atoms with van der Waals surface area (Å²) in [5, 5.41) is 1.78. The molecule has 1 aliphatic heterocycles. The van der Waals surface area contributed by atoms with Gasteiger partial charge in [-0.1, -0.05) is 30.7 Å². The highest BCUT2D eigenvalue weighted by molar-refractivity contribution is 7.89. The van der Waals surface area contributed by atoms with Gasteiger partial charge in [0.1, 0.15) is 16.9 Å². The second-order valence-corrected chi connectivity index (χ2v) is 9.58. The highest BCUT2D eigenvalue weighted by Crippen LogP contribution is 2.31. The molecule has 1 fully saturated rings. The Labute approximate surface area is 180 Å². The predicted octanol–water partition coefficient (Wildman–Crippen LogP) is 4.98. The Balaban J connectivity index is 1.42. The van der Waals surface area contributed by atoms with E-state index in [4.69, 9.17) is 9.15 Å². The van der Waals surface area contributed by atoms with Gasteiger partial charge < -0.3 is 9.15 Å². The SMILES string of the molecule is O=C(Oc1ccc2oc3ccccc3c2c1)c1cccc(S(=O)(=O)N2CCCCC2)c1. The number of furan rings is 1. The maximum absolute atomic E-state index is 12.9. The van der Waals surface area contributed by atoms with Crippen LogP contribution in [0.25, 0.3) is 21.9 Å². The summed E-state index contributed by atoms with van der Waals surface area (Å²) >= 11 is 0. The molecule has 0 radical (unpaired) electrons. The molecule has 3 aromatic carbocycles. The number of esters is 1. The molecule has 1 aromatic heterocycles. The van der Waals surface area contributed by atoms with Gasteiger partial charge >= 0.3 is 5.97 Å². The van der Waals surface area contributed by atoms with Crippen LogP contribution < -0.4 is 4.74 Å². The normalized spacial score (nSPS) is 15.4. The monoisotopic (exact) mass is 435 g/mol. The van der Waals surface area contributed by atoms with Crippen LogP contribution in [-0.2, 0) is 10.0 Å². The summed E-state index contributed by atoms with van der Waals surface area (Å²) in [6.07, 6.45) is 2.74. The van der Waals surface area contributed by atoms with Crippen molar-refractivity contribution in [3.05, 3.63) is 72.3 Å². The largest absolute Gasteiger partial charge is 0.456 e. The summed E-state index contributed by atoms with van der Waals surface area (Å²) in [4.78, 5) is 12.9. The molecular formula is C24H21NO5S. The molecule has 0 bridgehead atoms. The molecule has 0 aliphatic carbocycles. The number of fused-ring (bicyclic) bond motifs is 3. The van der Waals surface area contributed by atoms with Crippen LogP contribution in [0.3, 0.4) is 0 Å². The van der Waals surface area contributed by atoms with Crippen LogP contribution in [0, 0.1) is 0 Å². The molecule has 7 heteroatoms. The molecule has 31 heavy (non-hydrogen) atoms. The Kier molecular flexibility index (Phi) is 5.00. The average Bonchev–Trinajstić information content (AvgIpc) is 3.18. The number of hydrogen-bond acceptors (Lipinski definition) is 5. The Bertz CT molecular complexity index is 1380. The number of rotatable bonds is 4. The fourth-order valence-corrected chi connectivity index (χ4v) is 5.54. The topological polar surface area (TPSA) is 76.8 Å². The van der Waals surface area contributed by atoms with Crippen LogP contribution in [0.1, 0.15) is 29.6 Å². The van der Waals surface area contributed by atoms with Gasteiger partial charge in [-0.2, -0.15) is 4.31 Å². The van der Waals surface area contributed by atoms with Crippen molar-refractivity contribution < 1.29 is 22.4 Å². The first-order chi connectivity index (χ1) is 15.0. The van der Waals surface area contributed by atoms with Crippen LogP contribution in [0.15, 0.2) is 76.0 Å². The van der Waals surface area contributed by atoms with E-state index >= 15 is 0 Å². The second kappa shape index (κ2) is 7.83. The minimum absolute atomic E-state index is 0.111. The summed E-state index contributed by atoms with van der Waals surface area (Å²) in [5.74, 6) is -0.240. The first-order valence-corrected chi connectivity index (χ1v) is 11.7. The Hall–Kier alpha value is -3.16. The van der Waals surface area contributed by atoms with Gasteiger partial charge in [0.2, 0.25) is 10.0 Å². The van der Waals surface area contributed by atoms with E-state index in [1.54, 1.807) is 30.3 Å². The van der Waals surface area contributed by atoms with Crippen molar-refractivity contribution >= 4 is 37.9 Å². The van der Waals surface area contributed by atoms with Gasteiger partial charge in [-0.05, 0) is 55.3 Å². The number of nitrogens with zero attached hydrogens (tertiary/aromatic N) is 1. The lowest BCUT2D eigenvalue weighted by Gasteiger charge is -2.25. The lowest BCUT2D eigenvalue weighted by atomic mass is 10.1. The number of carbonyl (C=O) groups excluding carboxylic acids is 1. The number of hydrogen-bond donors (Lipinski definition) is 0. The third-order valence-corrected chi connectivity index (χ3v) is 7.48. The molecule has 5 rings (SSSR count). The maximum Gasteiger partial charge on any atom is 0.343 e. The van der Waals surface area contributed by atoms with E-state index in [0.717, 1.165) is 35.6 Å². The van der Waals surface area contributed by atoms with E-state index in [9.17, 15) is 13.2 Å². The van der Waals surface area contributed by atoms with Gasteiger partial charge in [-0.3, -0.25) is 0 Å². The minimum Gasteiger partial charge on any atom is -0.456 e. The Morgan fingerprint density at radius 3 is 2.45 bits per heavy atom. The summed E-state index contributed by atoms with van der Waals surface area (Å²) in [6.45, 7) is 1.02. The van der Waals surface area contributed by atoms with Crippen molar-refractivity contribution in [1.82, 2.24) is 4.31 Å². The second-order valence-electron chi connectivity index (χ2n) is 7.64. The van der Waals surface area contributed by atoms with Crippen LogP contribution in [0.5, 0.6) is 5.75 Å². The molecule has 1 saturated heterocycles. The van der Waals surface area contributed by atoms with Crippen molar-refractivity contribution in [2.75, 3.05) is 13.1 Å². The molecule has 0 spiro atoms. The Morgan fingerprint density at radius 2 is 1.61 bits per heavy atom. The molecular weight excluding hydrogens is 414 g/mol. The van der Waals surface area contributed by atoms with Gasteiger partial charge in [-0.25, -0.2) is 13.2 Å². The predicted molar refractivity (Wildman–Crippen MR) is 118 cm³/mol. The van der Waals surface area contributed by atoms with Crippen molar-refractivity contribution in [2.24, 2.45) is 0 Å². The molecule has 0 amide bonds. The van der Waals surface area contributed by atoms with E-state index < -0.39 is 16.0 Å². The van der Waals surface area contributed by atoms with Crippen LogP contribution in [0.2, 0.25) is 0 Å². The third kappa shape index (κ3) is 3.71. The van der Waals surface area contributed by atoms with Crippen LogP contribution in [0.4, 0.5) is 0 Å². The standard InChI is InChI=1S/C24H21NO5S/c26-24(17-7-6-8-19(15-17)31(27,28)25-13-4-1-5-14-25)29-18-11-12-23-21(16-18)20-9-2-3-10-22(20)30-23/h2-3,6-12,15-16H,1,4-5,13-14H2. The van der Waals surface area contributed by atoms with Crippen molar-refractivity contribution in [1.29, 1.82) is 0 Å². The highest BCUT2D eigenvalue weighted by Gasteiger charge is 2.26. The zero-order chi connectivity index (χ0) is 21.4. The molecule has 0 saturated carbocycles. The smallest absolute Gasteiger partial charge is 0.343 e. The molecule has 0 unspecified atom stereocenters.